The molecule has 35 heavy (non-hydrogen) atoms. The Morgan fingerprint density at radius 2 is 1.91 bits per heavy atom. The third-order valence-electron chi connectivity index (χ3n) is 8.21. The van der Waals surface area contributed by atoms with Crippen molar-refractivity contribution in [1.82, 2.24) is 14.5 Å². The van der Waals surface area contributed by atoms with Crippen molar-refractivity contribution in [3.05, 3.63) is 57.9 Å². The number of benzene rings is 2. The molecule has 182 valence electrons. The highest BCUT2D eigenvalue weighted by atomic mass is 16.3. The fourth-order valence-electron chi connectivity index (χ4n) is 7.16. The summed E-state index contributed by atoms with van der Waals surface area (Å²) >= 11 is 0. The fourth-order valence-corrected chi connectivity index (χ4v) is 7.16. The average Bonchev–Trinajstić information content (AvgIpc) is 3.22. The number of phenolic OH excluding ortho intramolecular Hbond substituents is 1. The highest BCUT2D eigenvalue weighted by Crippen LogP contribution is 2.53. The number of aromatic hydroxyl groups is 1. The van der Waals surface area contributed by atoms with E-state index < -0.39 is 0 Å². The van der Waals surface area contributed by atoms with E-state index in [1.807, 2.05) is 42.8 Å². The second-order valence-electron chi connectivity index (χ2n) is 11.9. The van der Waals surface area contributed by atoms with E-state index >= 15 is 0 Å². The van der Waals surface area contributed by atoms with Gasteiger partial charge in [-0.1, -0.05) is 32.9 Å². The normalized spacial score (nSPS) is 24.0. The van der Waals surface area contributed by atoms with Crippen LogP contribution in [0.5, 0.6) is 5.75 Å². The van der Waals surface area contributed by atoms with Gasteiger partial charge in [-0.05, 0) is 61.3 Å². The summed E-state index contributed by atoms with van der Waals surface area (Å²) in [6.07, 6.45) is 3.54. The molecule has 6 rings (SSSR count). The lowest BCUT2D eigenvalue weighted by atomic mass is 9.65. The van der Waals surface area contributed by atoms with Gasteiger partial charge in [0.15, 0.2) is 0 Å². The van der Waals surface area contributed by atoms with Crippen molar-refractivity contribution in [1.29, 1.82) is 0 Å². The summed E-state index contributed by atoms with van der Waals surface area (Å²) in [6.45, 7) is 10.5. The molecular formula is C29H33N3O3. The lowest BCUT2D eigenvalue weighted by Gasteiger charge is -2.40. The molecule has 2 aromatic heterocycles. The van der Waals surface area contributed by atoms with Gasteiger partial charge in [-0.2, -0.15) is 0 Å². The van der Waals surface area contributed by atoms with Crippen LogP contribution in [-0.4, -0.2) is 32.1 Å². The van der Waals surface area contributed by atoms with E-state index in [4.69, 9.17) is 9.40 Å². The zero-order valence-corrected chi connectivity index (χ0v) is 21.2. The zero-order valence-electron chi connectivity index (χ0n) is 21.2. The topological polar surface area (TPSA) is 71.5 Å². The van der Waals surface area contributed by atoms with E-state index in [1.165, 1.54) is 12.8 Å². The molecule has 0 radical (unpaired) electrons. The molecule has 0 amide bonds. The van der Waals surface area contributed by atoms with Gasteiger partial charge in [0.1, 0.15) is 28.5 Å². The lowest BCUT2D eigenvalue weighted by molar-refractivity contribution is 0.126. The van der Waals surface area contributed by atoms with Crippen LogP contribution in [0.15, 0.2) is 45.6 Å². The Balaban J connectivity index is 1.46. The predicted octanol–water partition coefficient (Wildman–Crippen LogP) is 5.76. The number of aromatic nitrogens is 2. The number of imidazole rings is 1. The van der Waals surface area contributed by atoms with Gasteiger partial charge in [0.25, 0.3) is 0 Å². The van der Waals surface area contributed by atoms with Gasteiger partial charge >= 0.3 is 0 Å². The van der Waals surface area contributed by atoms with E-state index in [1.54, 1.807) is 12.1 Å². The van der Waals surface area contributed by atoms with Crippen molar-refractivity contribution >= 4 is 22.0 Å². The zero-order chi connectivity index (χ0) is 24.7. The van der Waals surface area contributed by atoms with E-state index in [9.17, 15) is 9.90 Å². The highest BCUT2D eigenvalue weighted by molar-refractivity contribution is 5.87. The number of aryl methyl sites for hydroxylation is 2. The maximum Gasteiger partial charge on any atom is 0.203 e. The van der Waals surface area contributed by atoms with Crippen LogP contribution in [0.1, 0.15) is 51.4 Å². The number of para-hydroxylation sites is 2. The summed E-state index contributed by atoms with van der Waals surface area (Å²) in [5, 5.41) is 11.4. The van der Waals surface area contributed by atoms with Crippen molar-refractivity contribution < 1.29 is 9.52 Å². The second kappa shape index (κ2) is 7.44. The van der Waals surface area contributed by atoms with Crippen LogP contribution in [0, 0.1) is 17.8 Å². The van der Waals surface area contributed by atoms with Crippen LogP contribution in [0.2, 0.25) is 0 Å². The molecule has 2 bridgehead atoms. The molecule has 4 aromatic rings. The number of fused-ring (bicyclic) bond motifs is 4. The second-order valence-corrected chi connectivity index (χ2v) is 11.9. The average molecular weight is 472 g/mol. The van der Waals surface area contributed by atoms with Crippen LogP contribution < -0.4 is 5.43 Å². The molecule has 6 nitrogen and oxygen atoms in total. The van der Waals surface area contributed by atoms with Gasteiger partial charge in [0.05, 0.1) is 22.0 Å². The fraction of sp³-hybridized carbons (Fsp3) is 0.448. The maximum absolute atomic E-state index is 13.8. The third-order valence-corrected chi connectivity index (χ3v) is 8.21. The largest absolute Gasteiger partial charge is 0.507 e. The first-order valence-electron chi connectivity index (χ1n) is 12.5. The third kappa shape index (κ3) is 3.49. The Morgan fingerprint density at radius 3 is 2.69 bits per heavy atom. The Labute approximate surface area is 205 Å². The predicted molar refractivity (Wildman–Crippen MR) is 139 cm³/mol. The molecule has 6 heteroatoms. The summed E-state index contributed by atoms with van der Waals surface area (Å²) in [6, 6.07) is 11.6. The number of hydrogen-bond acceptors (Lipinski definition) is 5. The first-order chi connectivity index (χ1) is 16.6. The smallest absolute Gasteiger partial charge is 0.203 e. The van der Waals surface area contributed by atoms with E-state index in [0.29, 0.717) is 51.7 Å². The van der Waals surface area contributed by atoms with Gasteiger partial charge in [0, 0.05) is 26.2 Å². The number of phenols is 1. The molecule has 0 spiro atoms. The summed E-state index contributed by atoms with van der Waals surface area (Å²) in [4.78, 5) is 21.0. The highest BCUT2D eigenvalue weighted by Gasteiger charge is 2.49. The van der Waals surface area contributed by atoms with Gasteiger partial charge in [-0.3, -0.25) is 9.69 Å². The van der Waals surface area contributed by atoms with Crippen molar-refractivity contribution in [3.63, 3.8) is 0 Å². The number of likely N-dealkylation sites (tertiary alicyclic amines) is 1. The van der Waals surface area contributed by atoms with Crippen LogP contribution in [0.25, 0.3) is 33.4 Å². The first kappa shape index (κ1) is 22.4. The van der Waals surface area contributed by atoms with Crippen molar-refractivity contribution in [3.8, 4) is 17.1 Å². The van der Waals surface area contributed by atoms with E-state index in [2.05, 4.69) is 25.7 Å². The van der Waals surface area contributed by atoms with Crippen molar-refractivity contribution in [2.24, 2.45) is 17.9 Å². The van der Waals surface area contributed by atoms with Crippen LogP contribution in [0.3, 0.4) is 0 Å². The number of hydrogen-bond donors (Lipinski definition) is 1. The standard InChI is InChI=1S/C29H33N3O3/c1-17-24(27-30-21-8-6-7-9-22(21)31(27)5)25(34)19-10-11-23(33)20(26(19)35-17)14-32-16-29(4)13-18(32)12-28(2,3)15-29/h6-11,18,33H,12-16H2,1-5H3/t18-,29-/m0/s1. The summed E-state index contributed by atoms with van der Waals surface area (Å²) in [5.74, 6) is 1.29. The molecule has 3 heterocycles. The quantitative estimate of drug-likeness (QED) is 0.411. The maximum atomic E-state index is 13.8. The van der Waals surface area contributed by atoms with E-state index in [0.717, 1.165) is 24.0 Å². The van der Waals surface area contributed by atoms with Gasteiger partial charge in [0.2, 0.25) is 5.43 Å². The Morgan fingerprint density at radius 1 is 1.14 bits per heavy atom. The van der Waals surface area contributed by atoms with Gasteiger partial charge in [-0.15, -0.1) is 0 Å². The molecule has 1 N–H and O–H groups in total. The Hall–Kier alpha value is -3.12. The number of rotatable bonds is 3. The Kier molecular flexibility index (Phi) is 4.75. The molecule has 1 saturated carbocycles. The molecule has 2 aromatic carbocycles. The molecule has 2 fully saturated rings. The first-order valence-corrected chi connectivity index (χ1v) is 12.5. The lowest BCUT2D eigenvalue weighted by Crippen LogP contribution is -2.34. The van der Waals surface area contributed by atoms with Crippen molar-refractivity contribution in [2.45, 2.75) is 59.5 Å². The SMILES string of the molecule is Cc1oc2c(CN3C[C@@]4(C)C[C@@H]3CC(C)(C)C4)c(O)ccc2c(=O)c1-c1nc2ccccc2n1C. The summed E-state index contributed by atoms with van der Waals surface area (Å²) < 4.78 is 8.28. The van der Waals surface area contributed by atoms with E-state index in [-0.39, 0.29) is 16.6 Å². The Bertz CT molecular complexity index is 1550. The van der Waals surface area contributed by atoms with Gasteiger partial charge < -0.3 is 14.1 Å². The van der Waals surface area contributed by atoms with Crippen molar-refractivity contribution in [2.75, 3.05) is 6.54 Å². The summed E-state index contributed by atoms with van der Waals surface area (Å²) in [5.41, 5.74) is 3.95. The minimum absolute atomic E-state index is 0.114. The van der Waals surface area contributed by atoms with Crippen LogP contribution in [-0.2, 0) is 13.6 Å². The molecular weight excluding hydrogens is 438 g/mol. The summed E-state index contributed by atoms with van der Waals surface area (Å²) in [7, 11) is 1.92. The minimum atomic E-state index is -0.114. The molecule has 1 aliphatic heterocycles. The molecule has 2 atom stereocenters. The molecule has 1 aliphatic carbocycles. The minimum Gasteiger partial charge on any atom is -0.507 e. The monoisotopic (exact) mass is 471 g/mol. The van der Waals surface area contributed by atoms with Crippen LogP contribution >= 0.6 is 0 Å². The molecule has 2 aliphatic rings. The molecule has 1 saturated heterocycles. The molecule has 0 unspecified atom stereocenters. The van der Waals surface area contributed by atoms with Gasteiger partial charge in [-0.25, -0.2) is 4.98 Å². The van der Waals surface area contributed by atoms with Crippen LogP contribution in [0.4, 0.5) is 0 Å². The number of nitrogens with zero attached hydrogens (tertiary/aromatic N) is 3.